The molecule has 8 heteroatoms. The summed E-state index contributed by atoms with van der Waals surface area (Å²) < 4.78 is 14.9. The number of fused-ring (bicyclic) bond motifs is 1. The quantitative estimate of drug-likeness (QED) is 0.497. The molecule has 29 heavy (non-hydrogen) atoms. The number of carbonyl (C=O) groups is 1. The minimum Gasteiger partial charge on any atom is -0.506 e. The summed E-state index contributed by atoms with van der Waals surface area (Å²) in [7, 11) is 0. The van der Waals surface area contributed by atoms with Crippen molar-refractivity contribution < 1.29 is 14.3 Å². The fraction of sp³-hybridized carbons (Fsp3) is 0.0952. The molecule has 0 radical (unpaired) electrons. The van der Waals surface area contributed by atoms with E-state index in [-0.39, 0.29) is 5.39 Å². The van der Waals surface area contributed by atoms with E-state index in [1.54, 1.807) is 6.92 Å². The Hall–Kier alpha value is -3.94. The Kier molecular flexibility index (Phi) is 4.59. The Bertz CT molecular complexity index is 1280. The van der Waals surface area contributed by atoms with Crippen LogP contribution in [0.2, 0.25) is 0 Å². The number of rotatable bonds is 4. The molecule has 0 aliphatic rings. The number of nitrogens with zero attached hydrogens (tertiary/aromatic N) is 2. The van der Waals surface area contributed by atoms with Crippen molar-refractivity contribution in [3.05, 3.63) is 87.6 Å². The Balaban J connectivity index is 1.69. The Morgan fingerprint density at radius 2 is 2.00 bits per heavy atom. The van der Waals surface area contributed by atoms with Gasteiger partial charge in [0, 0.05) is 5.69 Å². The molecule has 2 heterocycles. The van der Waals surface area contributed by atoms with E-state index >= 15 is 0 Å². The molecule has 0 aliphatic carbocycles. The second-order valence-corrected chi connectivity index (χ2v) is 6.65. The van der Waals surface area contributed by atoms with Crippen LogP contribution in [0.3, 0.4) is 0 Å². The second kappa shape index (κ2) is 7.23. The van der Waals surface area contributed by atoms with Crippen molar-refractivity contribution in [2.75, 3.05) is 5.32 Å². The van der Waals surface area contributed by atoms with E-state index in [4.69, 9.17) is 0 Å². The molecule has 1 amide bonds. The average Bonchev–Trinajstić information content (AvgIpc) is 3.08. The fourth-order valence-electron chi connectivity index (χ4n) is 3.11. The SMILES string of the molecule is Cc1cc(NC(=O)c2c(O)c3cnn(Cc4ccccc4)c3[nH]c2=O)ccc1F. The normalized spacial score (nSPS) is 11.0. The van der Waals surface area contributed by atoms with E-state index in [2.05, 4.69) is 15.4 Å². The number of hydrogen-bond acceptors (Lipinski definition) is 4. The van der Waals surface area contributed by atoms with Gasteiger partial charge in [-0.15, -0.1) is 0 Å². The topological polar surface area (TPSA) is 100 Å². The summed E-state index contributed by atoms with van der Waals surface area (Å²) in [4.78, 5) is 27.7. The van der Waals surface area contributed by atoms with E-state index in [0.717, 1.165) is 5.56 Å². The molecule has 0 saturated heterocycles. The number of halogens is 1. The van der Waals surface area contributed by atoms with Crippen LogP contribution in [0.15, 0.2) is 59.5 Å². The van der Waals surface area contributed by atoms with Gasteiger partial charge in [-0.3, -0.25) is 9.59 Å². The van der Waals surface area contributed by atoms with Gasteiger partial charge in [-0.05, 0) is 36.2 Å². The van der Waals surface area contributed by atoms with Crippen molar-refractivity contribution in [2.24, 2.45) is 0 Å². The van der Waals surface area contributed by atoms with Gasteiger partial charge in [-0.25, -0.2) is 9.07 Å². The number of amides is 1. The van der Waals surface area contributed by atoms with Gasteiger partial charge in [0.15, 0.2) is 0 Å². The van der Waals surface area contributed by atoms with Crippen molar-refractivity contribution in [1.82, 2.24) is 14.8 Å². The minimum atomic E-state index is -0.799. The van der Waals surface area contributed by atoms with Crippen molar-refractivity contribution in [2.45, 2.75) is 13.5 Å². The first kappa shape index (κ1) is 18.4. The summed E-state index contributed by atoms with van der Waals surface area (Å²) in [6.45, 7) is 1.95. The summed E-state index contributed by atoms with van der Waals surface area (Å²) in [5.41, 5.74) is 0.753. The van der Waals surface area contributed by atoms with Crippen molar-refractivity contribution in [1.29, 1.82) is 0 Å². The number of pyridine rings is 1. The molecule has 0 aliphatic heterocycles. The van der Waals surface area contributed by atoms with Crippen molar-refractivity contribution in [3.63, 3.8) is 0 Å². The summed E-state index contributed by atoms with van der Waals surface area (Å²) >= 11 is 0. The number of nitrogens with one attached hydrogen (secondary N) is 2. The lowest BCUT2D eigenvalue weighted by Crippen LogP contribution is -2.24. The number of carbonyl (C=O) groups excluding carboxylic acids is 1. The molecule has 2 aromatic carbocycles. The summed E-state index contributed by atoms with van der Waals surface area (Å²) in [5.74, 6) is -1.66. The van der Waals surface area contributed by atoms with Crippen LogP contribution >= 0.6 is 0 Å². The third-order valence-corrected chi connectivity index (χ3v) is 4.61. The van der Waals surface area contributed by atoms with Gasteiger partial charge >= 0.3 is 0 Å². The van der Waals surface area contributed by atoms with Gasteiger partial charge < -0.3 is 15.4 Å². The zero-order valence-electron chi connectivity index (χ0n) is 15.4. The highest BCUT2D eigenvalue weighted by Crippen LogP contribution is 2.26. The lowest BCUT2D eigenvalue weighted by atomic mass is 10.1. The average molecular weight is 392 g/mol. The number of aromatic hydroxyl groups is 1. The maximum absolute atomic E-state index is 13.4. The first-order valence-electron chi connectivity index (χ1n) is 8.86. The van der Waals surface area contributed by atoms with Crippen molar-refractivity contribution in [3.8, 4) is 5.75 Å². The number of aromatic amines is 1. The highest BCUT2D eigenvalue weighted by Gasteiger charge is 2.21. The maximum atomic E-state index is 13.4. The Morgan fingerprint density at radius 3 is 2.72 bits per heavy atom. The number of aryl methyl sites for hydroxylation is 1. The number of hydrogen-bond donors (Lipinski definition) is 3. The number of benzene rings is 2. The third kappa shape index (κ3) is 3.47. The minimum absolute atomic E-state index is 0.251. The van der Waals surface area contributed by atoms with Crippen molar-refractivity contribution >= 4 is 22.6 Å². The molecular formula is C21H17FN4O3. The van der Waals surface area contributed by atoms with Crippen LogP contribution in [0.5, 0.6) is 5.75 Å². The summed E-state index contributed by atoms with van der Waals surface area (Å²) in [5, 5.41) is 17.5. The molecule has 4 rings (SSSR count). The standard InChI is InChI=1S/C21H17FN4O3/c1-12-9-14(7-8-16(12)22)24-20(28)17-18(27)15-10-23-26(19(15)25-21(17)29)11-13-5-3-2-4-6-13/h2-10H,11H2,1H3,(H,24,28)(H2,25,27,29). The number of aromatic nitrogens is 3. The fourth-order valence-corrected chi connectivity index (χ4v) is 3.11. The third-order valence-electron chi connectivity index (χ3n) is 4.61. The molecule has 2 aromatic heterocycles. The lowest BCUT2D eigenvalue weighted by Gasteiger charge is -2.09. The smallest absolute Gasteiger partial charge is 0.266 e. The molecule has 7 nitrogen and oxygen atoms in total. The molecule has 4 aromatic rings. The van der Waals surface area contributed by atoms with Gasteiger partial charge in [-0.2, -0.15) is 5.10 Å². The molecule has 0 fully saturated rings. The van der Waals surface area contributed by atoms with Gasteiger partial charge in [0.1, 0.15) is 22.8 Å². The number of anilines is 1. The van der Waals surface area contributed by atoms with Crippen LogP contribution in [0.4, 0.5) is 10.1 Å². The highest BCUT2D eigenvalue weighted by atomic mass is 19.1. The van der Waals surface area contributed by atoms with Gasteiger partial charge in [0.2, 0.25) is 0 Å². The Labute approximate surface area is 164 Å². The Morgan fingerprint density at radius 1 is 1.24 bits per heavy atom. The van der Waals surface area contributed by atoms with Crippen LogP contribution in [0, 0.1) is 12.7 Å². The van der Waals surface area contributed by atoms with E-state index in [9.17, 15) is 19.1 Å². The van der Waals surface area contributed by atoms with Crippen LogP contribution in [-0.2, 0) is 6.54 Å². The van der Waals surface area contributed by atoms with Gasteiger partial charge in [0.05, 0.1) is 18.1 Å². The van der Waals surface area contributed by atoms with E-state index in [0.29, 0.717) is 23.4 Å². The van der Waals surface area contributed by atoms with Crippen LogP contribution < -0.4 is 10.9 Å². The summed E-state index contributed by atoms with van der Waals surface area (Å²) in [6, 6.07) is 13.5. The molecule has 0 saturated carbocycles. The summed E-state index contributed by atoms with van der Waals surface area (Å²) in [6.07, 6.45) is 1.39. The first-order valence-corrected chi connectivity index (χ1v) is 8.86. The molecule has 146 valence electrons. The van der Waals surface area contributed by atoms with Crippen LogP contribution in [-0.4, -0.2) is 25.8 Å². The predicted molar refractivity (Wildman–Crippen MR) is 107 cm³/mol. The monoisotopic (exact) mass is 392 g/mol. The van der Waals surface area contributed by atoms with E-state index in [1.807, 2.05) is 30.3 Å². The molecule has 0 unspecified atom stereocenters. The molecular weight excluding hydrogens is 375 g/mol. The molecule has 0 bridgehead atoms. The van der Waals surface area contributed by atoms with Crippen LogP contribution in [0.1, 0.15) is 21.5 Å². The maximum Gasteiger partial charge on any atom is 0.266 e. The molecule has 0 spiro atoms. The van der Waals surface area contributed by atoms with Gasteiger partial charge in [-0.1, -0.05) is 30.3 Å². The zero-order chi connectivity index (χ0) is 20.5. The zero-order valence-corrected chi connectivity index (χ0v) is 15.4. The van der Waals surface area contributed by atoms with E-state index < -0.39 is 28.6 Å². The largest absolute Gasteiger partial charge is 0.506 e. The molecule has 0 atom stereocenters. The molecule has 3 N–H and O–H groups in total. The highest BCUT2D eigenvalue weighted by molar-refractivity contribution is 6.08. The van der Waals surface area contributed by atoms with E-state index in [1.165, 1.54) is 29.1 Å². The number of H-pyrrole nitrogens is 1. The predicted octanol–water partition coefficient (Wildman–Crippen LogP) is 3.18. The lowest BCUT2D eigenvalue weighted by molar-refractivity contribution is 0.102. The first-order chi connectivity index (χ1) is 13.9. The van der Waals surface area contributed by atoms with Crippen LogP contribution in [0.25, 0.3) is 11.0 Å². The van der Waals surface area contributed by atoms with Gasteiger partial charge in [0.25, 0.3) is 11.5 Å². The second-order valence-electron chi connectivity index (χ2n) is 6.65.